The molecule has 0 bridgehead atoms. The van der Waals surface area contributed by atoms with Crippen molar-refractivity contribution in [2.45, 2.75) is 13.2 Å². The van der Waals surface area contributed by atoms with Crippen LogP contribution in [-0.2, 0) is 13.2 Å². The standard InChI is InChI=1S/C21H18ClNO3/c22-19-11-16(13-23-18-8-4-7-17(12-18)21(24)25)9-10-20(19)26-14-15-5-2-1-3-6-15/h1-12,23H,13-14H2,(H,24,25). The molecule has 0 spiro atoms. The van der Waals surface area contributed by atoms with Crippen molar-refractivity contribution in [2.75, 3.05) is 5.32 Å². The summed E-state index contributed by atoms with van der Waals surface area (Å²) in [5, 5.41) is 12.8. The molecule has 0 saturated heterocycles. The Hall–Kier alpha value is -2.98. The molecule has 132 valence electrons. The number of benzene rings is 3. The topological polar surface area (TPSA) is 58.6 Å². The van der Waals surface area contributed by atoms with E-state index in [1.807, 2.05) is 54.6 Å². The van der Waals surface area contributed by atoms with Gasteiger partial charge in [-0.25, -0.2) is 4.79 Å². The van der Waals surface area contributed by atoms with Gasteiger partial charge in [-0.15, -0.1) is 0 Å². The predicted octanol–water partition coefficient (Wildman–Crippen LogP) is 5.23. The second kappa shape index (κ2) is 8.41. The van der Waals surface area contributed by atoms with Gasteiger partial charge in [-0.3, -0.25) is 0 Å². The molecule has 2 N–H and O–H groups in total. The molecule has 0 amide bonds. The van der Waals surface area contributed by atoms with Crippen molar-refractivity contribution in [3.05, 3.63) is 94.5 Å². The molecule has 3 aromatic carbocycles. The number of rotatable bonds is 7. The van der Waals surface area contributed by atoms with E-state index in [0.717, 1.165) is 16.8 Å². The highest BCUT2D eigenvalue weighted by atomic mass is 35.5. The van der Waals surface area contributed by atoms with E-state index in [0.29, 0.717) is 23.9 Å². The van der Waals surface area contributed by atoms with Gasteiger partial charge in [0.2, 0.25) is 0 Å². The summed E-state index contributed by atoms with van der Waals surface area (Å²) in [5.74, 6) is -0.316. The van der Waals surface area contributed by atoms with Crippen LogP contribution in [0.15, 0.2) is 72.8 Å². The molecule has 0 unspecified atom stereocenters. The number of carbonyl (C=O) groups is 1. The summed E-state index contributed by atoms with van der Waals surface area (Å²) in [5.41, 5.74) is 3.04. The SMILES string of the molecule is O=C(O)c1cccc(NCc2ccc(OCc3ccccc3)c(Cl)c2)c1. The molecule has 0 fully saturated rings. The van der Waals surface area contributed by atoms with Crippen LogP contribution in [0.2, 0.25) is 5.02 Å². The monoisotopic (exact) mass is 367 g/mol. The first-order valence-electron chi connectivity index (χ1n) is 8.14. The molecule has 26 heavy (non-hydrogen) atoms. The number of carboxylic acid groups (broad SMARTS) is 1. The van der Waals surface area contributed by atoms with Crippen LogP contribution in [0.4, 0.5) is 5.69 Å². The molecule has 5 heteroatoms. The summed E-state index contributed by atoms with van der Waals surface area (Å²) in [6.45, 7) is 0.988. The van der Waals surface area contributed by atoms with Crippen molar-refractivity contribution in [1.29, 1.82) is 0 Å². The van der Waals surface area contributed by atoms with E-state index in [9.17, 15) is 4.79 Å². The van der Waals surface area contributed by atoms with Crippen LogP contribution in [-0.4, -0.2) is 11.1 Å². The van der Waals surface area contributed by atoms with Gasteiger partial charge in [-0.05, 0) is 41.5 Å². The number of hydrogen-bond donors (Lipinski definition) is 2. The Morgan fingerprint density at radius 3 is 2.50 bits per heavy atom. The first-order chi connectivity index (χ1) is 12.6. The van der Waals surface area contributed by atoms with Gasteiger partial charge in [0.25, 0.3) is 0 Å². The Kier molecular flexibility index (Phi) is 5.77. The van der Waals surface area contributed by atoms with E-state index in [2.05, 4.69) is 5.32 Å². The van der Waals surface area contributed by atoms with Crippen molar-refractivity contribution in [1.82, 2.24) is 0 Å². The Labute approximate surface area is 157 Å². The van der Waals surface area contributed by atoms with Crippen LogP contribution in [0.3, 0.4) is 0 Å². The van der Waals surface area contributed by atoms with Gasteiger partial charge in [0.1, 0.15) is 12.4 Å². The molecule has 0 aliphatic rings. The molecule has 0 radical (unpaired) electrons. The summed E-state index contributed by atoms with van der Waals surface area (Å²) in [7, 11) is 0. The molecule has 0 aliphatic carbocycles. The Morgan fingerprint density at radius 1 is 0.962 bits per heavy atom. The molecular formula is C21H18ClNO3. The highest BCUT2D eigenvalue weighted by Gasteiger charge is 2.06. The third-order valence-electron chi connectivity index (χ3n) is 3.84. The molecule has 0 aliphatic heterocycles. The van der Waals surface area contributed by atoms with E-state index in [1.165, 1.54) is 0 Å². The Morgan fingerprint density at radius 2 is 1.77 bits per heavy atom. The van der Waals surface area contributed by atoms with Crippen LogP contribution in [0.5, 0.6) is 5.75 Å². The highest BCUT2D eigenvalue weighted by Crippen LogP contribution is 2.26. The minimum absolute atomic E-state index is 0.248. The second-order valence-electron chi connectivity index (χ2n) is 5.78. The van der Waals surface area contributed by atoms with Gasteiger partial charge in [-0.1, -0.05) is 54.1 Å². The molecule has 0 aromatic heterocycles. The van der Waals surface area contributed by atoms with Crippen molar-refractivity contribution in [3.8, 4) is 5.75 Å². The molecule has 0 heterocycles. The summed E-state index contributed by atoms with van der Waals surface area (Å²) in [4.78, 5) is 11.0. The summed E-state index contributed by atoms with van der Waals surface area (Å²) >= 11 is 6.31. The summed E-state index contributed by atoms with van der Waals surface area (Å²) in [6.07, 6.45) is 0. The van der Waals surface area contributed by atoms with Crippen molar-refractivity contribution >= 4 is 23.3 Å². The fourth-order valence-corrected chi connectivity index (χ4v) is 2.73. The highest BCUT2D eigenvalue weighted by molar-refractivity contribution is 6.32. The quantitative estimate of drug-likeness (QED) is 0.600. The van der Waals surface area contributed by atoms with E-state index in [-0.39, 0.29) is 5.56 Å². The zero-order valence-electron chi connectivity index (χ0n) is 14.0. The minimum Gasteiger partial charge on any atom is -0.487 e. The zero-order valence-corrected chi connectivity index (χ0v) is 14.7. The molecule has 0 saturated carbocycles. The maximum absolute atomic E-state index is 11.0. The first-order valence-corrected chi connectivity index (χ1v) is 8.52. The number of carboxylic acids is 1. The number of anilines is 1. The van der Waals surface area contributed by atoms with Gasteiger partial charge in [-0.2, -0.15) is 0 Å². The summed E-state index contributed by atoms with van der Waals surface area (Å²) in [6, 6.07) is 22.2. The van der Waals surface area contributed by atoms with Crippen molar-refractivity contribution in [2.24, 2.45) is 0 Å². The second-order valence-corrected chi connectivity index (χ2v) is 6.19. The van der Waals surface area contributed by atoms with Crippen LogP contribution >= 0.6 is 11.6 Å². The van der Waals surface area contributed by atoms with Crippen LogP contribution in [0.25, 0.3) is 0 Å². The lowest BCUT2D eigenvalue weighted by atomic mass is 10.2. The lowest BCUT2D eigenvalue weighted by molar-refractivity contribution is 0.0697. The number of hydrogen-bond acceptors (Lipinski definition) is 3. The number of aromatic carboxylic acids is 1. The van der Waals surface area contributed by atoms with Crippen LogP contribution < -0.4 is 10.1 Å². The number of ether oxygens (including phenoxy) is 1. The van der Waals surface area contributed by atoms with Crippen molar-refractivity contribution < 1.29 is 14.6 Å². The normalized spacial score (nSPS) is 10.3. The van der Waals surface area contributed by atoms with Gasteiger partial charge in [0.05, 0.1) is 10.6 Å². The lowest BCUT2D eigenvalue weighted by Crippen LogP contribution is -2.02. The molecule has 3 aromatic rings. The third-order valence-corrected chi connectivity index (χ3v) is 4.13. The van der Waals surface area contributed by atoms with Gasteiger partial charge >= 0.3 is 5.97 Å². The maximum Gasteiger partial charge on any atom is 0.335 e. The molecule has 0 atom stereocenters. The first kappa shape index (κ1) is 17.8. The van der Waals surface area contributed by atoms with E-state index in [1.54, 1.807) is 18.2 Å². The predicted molar refractivity (Wildman–Crippen MR) is 103 cm³/mol. The average Bonchev–Trinajstić information content (AvgIpc) is 2.66. The van der Waals surface area contributed by atoms with Crippen LogP contribution in [0.1, 0.15) is 21.5 Å². The number of halogens is 1. The minimum atomic E-state index is -0.948. The van der Waals surface area contributed by atoms with Crippen molar-refractivity contribution in [3.63, 3.8) is 0 Å². The van der Waals surface area contributed by atoms with Gasteiger partial charge in [0, 0.05) is 12.2 Å². The fraction of sp³-hybridized carbons (Fsp3) is 0.0952. The summed E-state index contributed by atoms with van der Waals surface area (Å²) < 4.78 is 5.77. The fourth-order valence-electron chi connectivity index (χ4n) is 2.47. The average molecular weight is 368 g/mol. The lowest BCUT2D eigenvalue weighted by Gasteiger charge is -2.11. The maximum atomic E-state index is 11.0. The van der Waals surface area contributed by atoms with E-state index >= 15 is 0 Å². The largest absolute Gasteiger partial charge is 0.487 e. The number of nitrogens with one attached hydrogen (secondary N) is 1. The third kappa shape index (κ3) is 4.77. The molecular weight excluding hydrogens is 350 g/mol. The van der Waals surface area contributed by atoms with Crippen LogP contribution in [0, 0.1) is 0 Å². The Balaban J connectivity index is 1.60. The smallest absolute Gasteiger partial charge is 0.335 e. The molecule has 4 nitrogen and oxygen atoms in total. The molecule has 3 rings (SSSR count). The van der Waals surface area contributed by atoms with Gasteiger partial charge in [0.15, 0.2) is 0 Å². The van der Waals surface area contributed by atoms with E-state index in [4.69, 9.17) is 21.4 Å². The van der Waals surface area contributed by atoms with Gasteiger partial charge < -0.3 is 15.2 Å². The zero-order chi connectivity index (χ0) is 18.4. The Bertz CT molecular complexity index is 897. The van der Waals surface area contributed by atoms with E-state index < -0.39 is 5.97 Å².